The molecule has 4 heteroatoms. The van der Waals surface area contributed by atoms with Gasteiger partial charge in [-0.3, -0.25) is 4.79 Å². The minimum Gasteiger partial charge on any atom is -0.351 e. The number of carbonyl (C=O) groups is 1. The van der Waals surface area contributed by atoms with Crippen molar-refractivity contribution in [2.75, 3.05) is 6.54 Å². The summed E-state index contributed by atoms with van der Waals surface area (Å²) in [6, 6.07) is 7.39. The molecule has 1 rings (SSSR count). The lowest BCUT2D eigenvalue weighted by Gasteiger charge is -2.10. The van der Waals surface area contributed by atoms with E-state index in [0.717, 1.165) is 17.3 Å². The summed E-state index contributed by atoms with van der Waals surface area (Å²) < 4.78 is 0.920. The largest absolute Gasteiger partial charge is 0.351 e. The smallest absolute Gasteiger partial charge is 0.251 e. The zero-order chi connectivity index (χ0) is 12.0. The third-order valence-electron chi connectivity index (χ3n) is 2.17. The Kier molecular flexibility index (Phi) is 6.06. The maximum atomic E-state index is 11.8. The first-order valence-corrected chi connectivity index (χ1v) is 7.02. The molecular formula is C12H15Br2NO. The van der Waals surface area contributed by atoms with E-state index >= 15 is 0 Å². The molecule has 0 aliphatic rings. The molecule has 0 heterocycles. The fourth-order valence-electron chi connectivity index (χ4n) is 1.35. The first-order chi connectivity index (χ1) is 7.63. The van der Waals surface area contributed by atoms with Crippen LogP contribution in [-0.2, 0) is 0 Å². The van der Waals surface area contributed by atoms with Gasteiger partial charge in [0.1, 0.15) is 0 Å². The number of rotatable bonds is 5. The van der Waals surface area contributed by atoms with Crippen molar-refractivity contribution in [1.29, 1.82) is 0 Å². The zero-order valence-electron chi connectivity index (χ0n) is 9.17. The van der Waals surface area contributed by atoms with E-state index in [4.69, 9.17) is 0 Å². The van der Waals surface area contributed by atoms with Crippen LogP contribution in [0.2, 0.25) is 0 Å². The van der Waals surface area contributed by atoms with Crippen LogP contribution in [0.3, 0.4) is 0 Å². The van der Waals surface area contributed by atoms with Gasteiger partial charge < -0.3 is 5.32 Å². The molecule has 1 aromatic carbocycles. The summed E-state index contributed by atoms with van der Waals surface area (Å²) in [7, 11) is 0. The van der Waals surface area contributed by atoms with E-state index in [2.05, 4.69) is 44.1 Å². The highest BCUT2D eigenvalue weighted by Gasteiger charge is 2.08. The predicted octanol–water partition coefficient (Wildman–Crippen LogP) is 3.74. The standard InChI is InChI=1S/C12H15Br2NO/c1-2-4-11(14)8-15-12(16)9-5-3-6-10(13)7-9/h3,5-7,11H,2,4,8H2,1H3,(H,15,16). The van der Waals surface area contributed by atoms with Crippen LogP contribution in [0.25, 0.3) is 0 Å². The highest BCUT2D eigenvalue weighted by Crippen LogP contribution is 2.12. The molecule has 0 aromatic heterocycles. The van der Waals surface area contributed by atoms with Gasteiger partial charge in [0.25, 0.3) is 5.91 Å². The summed E-state index contributed by atoms with van der Waals surface area (Å²) >= 11 is 6.88. The molecule has 0 spiro atoms. The second-order valence-electron chi connectivity index (χ2n) is 3.61. The lowest BCUT2D eigenvalue weighted by molar-refractivity contribution is 0.0953. The van der Waals surface area contributed by atoms with Gasteiger partial charge in [0.2, 0.25) is 0 Å². The Morgan fingerprint density at radius 2 is 2.25 bits per heavy atom. The SMILES string of the molecule is CCCC(Br)CNC(=O)c1cccc(Br)c1. The van der Waals surface area contributed by atoms with Gasteiger partial charge in [0.05, 0.1) is 0 Å². The van der Waals surface area contributed by atoms with Gasteiger partial charge in [-0.25, -0.2) is 0 Å². The molecule has 0 aliphatic carbocycles. The minimum absolute atomic E-state index is 0.0261. The second kappa shape index (κ2) is 7.07. The maximum Gasteiger partial charge on any atom is 0.251 e. The van der Waals surface area contributed by atoms with Crippen LogP contribution in [0, 0.1) is 0 Å². The molecule has 0 saturated heterocycles. The monoisotopic (exact) mass is 347 g/mol. The third kappa shape index (κ3) is 4.66. The van der Waals surface area contributed by atoms with Gasteiger partial charge in [-0.1, -0.05) is 51.3 Å². The third-order valence-corrected chi connectivity index (χ3v) is 3.45. The summed E-state index contributed by atoms with van der Waals surface area (Å²) in [5.41, 5.74) is 0.686. The van der Waals surface area contributed by atoms with Crippen molar-refractivity contribution >= 4 is 37.8 Å². The molecule has 1 N–H and O–H groups in total. The van der Waals surface area contributed by atoms with E-state index < -0.39 is 0 Å². The summed E-state index contributed by atoms with van der Waals surface area (Å²) in [6.45, 7) is 2.80. The normalized spacial score (nSPS) is 12.2. The van der Waals surface area contributed by atoms with Gasteiger partial charge in [-0.15, -0.1) is 0 Å². The molecule has 1 unspecified atom stereocenters. The van der Waals surface area contributed by atoms with Gasteiger partial charge in [0.15, 0.2) is 0 Å². The number of benzene rings is 1. The van der Waals surface area contributed by atoms with Crippen LogP contribution in [0.1, 0.15) is 30.1 Å². The van der Waals surface area contributed by atoms with E-state index in [9.17, 15) is 4.79 Å². The topological polar surface area (TPSA) is 29.1 Å². The number of carbonyl (C=O) groups excluding carboxylic acids is 1. The van der Waals surface area contributed by atoms with Crippen LogP contribution >= 0.6 is 31.9 Å². The maximum absolute atomic E-state index is 11.8. The number of hydrogen-bond acceptors (Lipinski definition) is 1. The number of nitrogens with one attached hydrogen (secondary N) is 1. The Labute approximate surface area is 113 Å². The summed E-state index contributed by atoms with van der Waals surface area (Å²) in [5, 5.41) is 2.90. The molecule has 1 atom stereocenters. The van der Waals surface area contributed by atoms with E-state index in [-0.39, 0.29) is 5.91 Å². The Balaban J connectivity index is 2.47. The van der Waals surface area contributed by atoms with E-state index in [1.807, 2.05) is 24.3 Å². The van der Waals surface area contributed by atoms with Crippen molar-refractivity contribution in [3.63, 3.8) is 0 Å². The molecule has 0 bridgehead atoms. The molecule has 0 fully saturated rings. The lowest BCUT2D eigenvalue weighted by Crippen LogP contribution is -2.29. The van der Waals surface area contributed by atoms with Crippen molar-refractivity contribution in [1.82, 2.24) is 5.32 Å². The Morgan fingerprint density at radius 3 is 2.88 bits per heavy atom. The highest BCUT2D eigenvalue weighted by molar-refractivity contribution is 9.10. The fourth-order valence-corrected chi connectivity index (χ4v) is 2.37. The van der Waals surface area contributed by atoms with E-state index in [0.29, 0.717) is 16.9 Å². The number of hydrogen-bond donors (Lipinski definition) is 1. The Bertz CT molecular complexity index is 355. The van der Waals surface area contributed by atoms with Crippen LogP contribution in [0.4, 0.5) is 0 Å². The molecular weight excluding hydrogens is 334 g/mol. The van der Waals surface area contributed by atoms with Crippen LogP contribution in [-0.4, -0.2) is 17.3 Å². The van der Waals surface area contributed by atoms with Crippen LogP contribution in [0.5, 0.6) is 0 Å². The van der Waals surface area contributed by atoms with Crippen molar-refractivity contribution in [3.05, 3.63) is 34.3 Å². The summed E-state index contributed by atoms with van der Waals surface area (Å²) in [6.07, 6.45) is 2.18. The second-order valence-corrected chi connectivity index (χ2v) is 5.82. The van der Waals surface area contributed by atoms with Gasteiger partial charge >= 0.3 is 0 Å². The summed E-state index contributed by atoms with van der Waals surface area (Å²) in [5.74, 6) is -0.0261. The highest BCUT2D eigenvalue weighted by atomic mass is 79.9. The number of halogens is 2. The molecule has 1 amide bonds. The quantitative estimate of drug-likeness (QED) is 0.807. The minimum atomic E-state index is -0.0261. The molecule has 2 nitrogen and oxygen atoms in total. The van der Waals surface area contributed by atoms with E-state index in [1.165, 1.54) is 0 Å². The van der Waals surface area contributed by atoms with Crippen molar-refractivity contribution in [3.8, 4) is 0 Å². The molecule has 1 aromatic rings. The molecule has 88 valence electrons. The number of amides is 1. The van der Waals surface area contributed by atoms with Gasteiger partial charge in [-0.05, 0) is 24.6 Å². The number of alkyl halides is 1. The average molecular weight is 349 g/mol. The zero-order valence-corrected chi connectivity index (χ0v) is 12.3. The molecule has 0 aliphatic heterocycles. The van der Waals surface area contributed by atoms with E-state index in [1.54, 1.807) is 0 Å². The Morgan fingerprint density at radius 1 is 1.50 bits per heavy atom. The molecule has 0 radical (unpaired) electrons. The first-order valence-electron chi connectivity index (χ1n) is 5.31. The van der Waals surface area contributed by atoms with Gasteiger partial charge in [0, 0.05) is 21.4 Å². The van der Waals surface area contributed by atoms with Crippen molar-refractivity contribution in [2.24, 2.45) is 0 Å². The molecule has 16 heavy (non-hydrogen) atoms. The van der Waals surface area contributed by atoms with Gasteiger partial charge in [-0.2, -0.15) is 0 Å². The van der Waals surface area contributed by atoms with Crippen LogP contribution in [0.15, 0.2) is 28.7 Å². The van der Waals surface area contributed by atoms with Crippen molar-refractivity contribution in [2.45, 2.75) is 24.6 Å². The Hall–Kier alpha value is -0.350. The van der Waals surface area contributed by atoms with Crippen LogP contribution < -0.4 is 5.32 Å². The fraction of sp³-hybridized carbons (Fsp3) is 0.417. The lowest BCUT2D eigenvalue weighted by atomic mass is 10.2. The summed E-state index contributed by atoms with van der Waals surface area (Å²) in [4.78, 5) is 12.1. The first kappa shape index (κ1) is 13.7. The van der Waals surface area contributed by atoms with Crippen molar-refractivity contribution < 1.29 is 4.79 Å². The average Bonchev–Trinajstić information content (AvgIpc) is 2.26. The molecule has 0 saturated carbocycles. The predicted molar refractivity (Wildman–Crippen MR) is 74.1 cm³/mol.